The SMILES string of the molecule is COc1cc(/C=C/C(=O)N2CCCc3cc(C)ccc32)cc(OC)c1OC. The lowest BCUT2D eigenvalue weighted by molar-refractivity contribution is -0.114. The summed E-state index contributed by atoms with van der Waals surface area (Å²) < 4.78 is 16.1. The number of anilines is 1. The van der Waals surface area contributed by atoms with Gasteiger partial charge in [0.2, 0.25) is 5.75 Å². The van der Waals surface area contributed by atoms with Crippen molar-refractivity contribution in [3.63, 3.8) is 0 Å². The highest BCUT2D eigenvalue weighted by Crippen LogP contribution is 2.38. The second kappa shape index (κ2) is 8.16. The Morgan fingerprint density at radius 1 is 1.04 bits per heavy atom. The molecule has 0 N–H and O–H groups in total. The van der Waals surface area contributed by atoms with Crippen LogP contribution in [0.2, 0.25) is 0 Å². The Morgan fingerprint density at radius 2 is 1.74 bits per heavy atom. The van der Waals surface area contributed by atoms with Gasteiger partial charge in [-0.15, -0.1) is 0 Å². The molecule has 27 heavy (non-hydrogen) atoms. The van der Waals surface area contributed by atoms with Gasteiger partial charge in [0.05, 0.1) is 21.3 Å². The van der Waals surface area contributed by atoms with Crippen LogP contribution >= 0.6 is 0 Å². The van der Waals surface area contributed by atoms with Gasteiger partial charge in [0.15, 0.2) is 11.5 Å². The van der Waals surface area contributed by atoms with E-state index in [4.69, 9.17) is 14.2 Å². The van der Waals surface area contributed by atoms with Crippen molar-refractivity contribution < 1.29 is 19.0 Å². The van der Waals surface area contributed by atoms with Crippen molar-refractivity contribution in [3.8, 4) is 17.2 Å². The first-order chi connectivity index (χ1) is 13.1. The fraction of sp³-hybridized carbons (Fsp3) is 0.318. The number of nitrogens with zero attached hydrogens (tertiary/aromatic N) is 1. The summed E-state index contributed by atoms with van der Waals surface area (Å²) in [5.74, 6) is 1.61. The van der Waals surface area contributed by atoms with E-state index in [0.29, 0.717) is 17.2 Å². The monoisotopic (exact) mass is 367 g/mol. The number of hydrogen-bond acceptors (Lipinski definition) is 4. The van der Waals surface area contributed by atoms with Crippen molar-refractivity contribution in [1.82, 2.24) is 0 Å². The minimum absolute atomic E-state index is 0.0337. The highest BCUT2D eigenvalue weighted by molar-refractivity contribution is 6.04. The number of aryl methyl sites for hydroxylation is 2. The molecule has 0 saturated carbocycles. The van der Waals surface area contributed by atoms with Crippen molar-refractivity contribution >= 4 is 17.7 Å². The summed E-state index contributed by atoms with van der Waals surface area (Å²) >= 11 is 0. The Labute approximate surface area is 160 Å². The number of rotatable bonds is 5. The van der Waals surface area contributed by atoms with Crippen molar-refractivity contribution in [2.45, 2.75) is 19.8 Å². The molecule has 0 unspecified atom stereocenters. The van der Waals surface area contributed by atoms with Crippen LogP contribution < -0.4 is 19.1 Å². The van der Waals surface area contributed by atoms with E-state index in [1.54, 1.807) is 33.5 Å². The maximum atomic E-state index is 12.8. The van der Waals surface area contributed by atoms with E-state index in [0.717, 1.165) is 30.6 Å². The van der Waals surface area contributed by atoms with E-state index in [2.05, 4.69) is 13.0 Å². The van der Waals surface area contributed by atoms with Crippen LogP contribution in [-0.2, 0) is 11.2 Å². The molecule has 0 aromatic heterocycles. The van der Waals surface area contributed by atoms with E-state index in [-0.39, 0.29) is 5.91 Å². The lowest BCUT2D eigenvalue weighted by Gasteiger charge is -2.29. The third kappa shape index (κ3) is 3.92. The van der Waals surface area contributed by atoms with Crippen LogP contribution in [0.5, 0.6) is 17.2 Å². The molecule has 1 aliphatic rings. The quantitative estimate of drug-likeness (QED) is 0.749. The third-order valence-corrected chi connectivity index (χ3v) is 4.73. The summed E-state index contributed by atoms with van der Waals surface area (Å²) in [5.41, 5.74) is 4.26. The van der Waals surface area contributed by atoms with Gasteiger partial charge in [-0.05, 0) is 55.2 Å². The molecule has 0 saturated heterocycles. The van der Waals surface area contributed by atoms with Crippen molar-refractivity contribution in [1.29, 1.82) is 0 Å². The van der Waals surface area contributed by atoms with Crippen molar-refractivity contribution in [3.05, 3.63) is 53.1 Å². The Balaban J connectivity index is 1.86. The van der Waals surface area contributed by atoms with Gasteiger partial charge in [-0.2, -0.15) is 0 Å². The molecule has 2 aromatic rings. The Bertz CT molecular complexity index is 848. The topological polar surface area (TPSA) is 48.0 Å². The molecule has 1 amide bonds. The summed E-state index contributed by atoms with van der Waals surface area (Å²) in [5, 5.41) is 0. The molecule has 1 heterocycles. The molecule has 5 heteroatoms. The maximum absolute atomic E-state index is 12.8. The number of benzene rings is 2. The first kappa shape index (κ1) is 18.8. The van der Waals surface area contributed by atoms with E-state index in [1.807, 2.05) is 29.2 Å². The number of carbonyl (C=O) groups is 1. The van der Waals surface area contributed by atoms with E-state index < -0.39 is 0 Å². The number of ether oxygens (including phenoxy) is 3. The molecule has 3 rings (SSSR count). The number of amides is 1. The van der Waals surface area contributed by atoms with Crippen LogP contribution in [-0.4, -0.2) is 33.8 Å². The molecule has 0 bridgehead atoms. The molecule has 2 aromatic carbocycles. The van der Waals surface area contributed by atoms with Crippen molar-refractivity contribution in [2.75, 3.05) is 32.8 Å². The van der Waals surface area contributed by atoms with Gasteiger partial charge in [0.1, 0.15) is 0 Å². The predicted octanol–water partition coefficient (Wildman–Crippen LogP) is 4.01. The van der Waals surface area contributed by atoms with Gasteiger partial charge in [-0.1, -0.05) is 17.7 Å². The Kier molecular flexibility index (Phi) is 5.69. The standard InChI is InChI=1S/C22H25NO4/c1-15-7-9-18-17(12-15)6-5-11-23(18)21(24)10-8-16-13-19(25-2)22(27-4)20(14-16)26-3/h7-10,12-14H,5-6,11H2,1-4H3/b10-8+. The third-order valence-electron chi connectivity index (χ3n) is 4.73. The highest BCUT2D eigenvalue weighted by atomic mass is 16.5. The minimum atomic E-state index is -0.0337. The zero-order valence-electron chi connectivity index (χ0n) is 16.2. The number of fused-ring (bicyclic) bond motifs is 1. The summed E-state index contributed by atoms with van der Waals surface area (Å²) in [7, 11) is 4.71. The van der Waals surface area contributed by atoms with Gasteiger partial charge >= 0.3 is 0 Å². The van der Waals surface area contributed by atoms with Crippen LogP contribution in [0, 0.1) is 6.92 Å². The fourth-order valence-corrected chi connectivity index (χ4v) is 3.41. The zero-order valence-corrected chi connectivity index (χ0v) is 16.2. The second-order valence-electron chi connectivity index (χ2n) is 6.52. The van der Waals surface area contributed by atoms with Crippen LogP contribution in [0.25, 0.3) is 6.08 Å². The van der Waals surface area contributed by atoms with E-state index in [1.165, 1.54) is 11.1 Å². The largest absolute Gasteiger partial charge is 0.493 e. The summed E-state index contributed by atoms with van der Waals surface area (Å²) in [6, 6.07) is 9.89. The average molecular weight is 367 g/mol. The van der Waals surface area contributed by atoms with Crippen LogP contribution in [0.3, 0.4) is 0 Å². The summed E-state index contributed by atoms with van der Waals surface area (Å²) in [6.45, 7) is 2.81. The first-order valence-corrected chi connectivity index (χ1v) is 8.96. The molecular weight excluding hydrogens is 342 g/mol. The average Bonchev–Trinajstić information content (AvgIpc) is 2.70. The fourth-order valence-electron chi connectivity index (χ4n) is 3.41. The lowest BCUT2D eigenvalue weighted by Crippen LogP contribution is -2.34. The summed E-state index contributed by atoms with van der Waals surface area (Å²) in [4.78, 5) is 14.6. The van der Waals surface area contributed by atoms with Gasteiger partial charge in [-0.3, -0.25) is 4.79 Å². The predicted molar refractivity (Wildman–Crippen MR) is 107 cm³/mol. The number of hydrogen-bond donors (Lipinski definition) is 0. The molecule has 0 atom stereocenters. The van der Waals surface area contributed by atoms with Crippen LogP contribution in [0.1, 0.15) is 23.1 Å². The molecular formula is C22H25NO4. The highest BCUT2D eigenvalue weighted by Gasteiger charge is 2.21. The number of methoxy groups -OCH3 is 3. The molecule has 5 nitrogen and oxygen atoms in total. The van der Waals surface area contributed by atoms with Gasteiger partial charge in [0.25, 0.3) is 5.91 Å². The van der Waals surface area contributed by atoms with E-state index >= 15 is 0 Å². The second-order valence-corrected chi connectivity index (χ2v) is 6.52. The maximum Gasteiger partial charge on any atom is 0.250 e. The van der Waals surface area contributed by atoms with Crippen molar-refractivity contribution in [2.24, 2.45) is 0 Å². The van der Waals surface area contributed by atoms with E-state index in [9.17, 15) is 4.79 Å². The molecule has 0 fully saturated rings. The number of carbonyl (C=O) groups excluding carboxylic acids is 1. The van der Waals surface area contributed by atoms with Gasteiger partial charge in [0, 0.05) is 18.3 Å². The van der Waals surface area contributed by atoms with Gasteiger partial charge in [-0.25, -0.2) is 0 Å². The molecule has 0 aliphatic carbocycles. The first-order valence-electron chi connectivity index (χ1n) is 8.96. The molecule has 0 spiro atoms. The van der Waals surface area contributed by atoms with Crippen LogP contribution in [0.4, 0.5) is 5.69 Å². The molecule has 1 aliphatic heterocycles. The normalized spacial score (nSPS) is 13.4. The van der Waals surface area contributed by atoms with Gasteiger partial charge < -0.3 is 19.1 Å². The Hall–Kier alpha value is -2.95. The molecule has 142 valence electrons. The zero-order chi connectivity index (χ0) is 19.4. The smallest absolute Gasteiger partial charge is 0.250 e. The summed E-state index contributed by atoms with van der Waals surface area (Å²) in [6.07, 6.45) is 5.35. The van der Waals surface area contributed by atoms with Crippen LogP contribution in [0.15, 0.2) is 36.4 Å². The minimum Gasteiger partial charge on any atom is -0.493 e. The molecule has 0 radical (unpaired) electrons. The lowest BCUT2D eigenvalue weighted by atomic mass is 9.99. The Morgan fingerprint density at radius 3 is 2.37 bits per heavy atom.